The van der Waals surface area contributed by atoms with Gasteiger partial charge in [-0.25, -0.2) is 9.48 Å². The molecule has 0 unspecified atom stereocenters. The van der Waals surface area contributed by atoms with Gasteiger partial charge in [0.1, 0.15) is 11.8 Å². The summed E-state index contributed by atoms with van der Waals surface area (Å²) in [5.74, 6) is -0.378. The van der Waals surface area contributed by atoms with Crippen LogP contribution >= 0.6 is 11.6 Å². The van der Waals surface area contributed by atoms with Gasteiger partial charge in [0.05, 0.1) is 17.6 Å². The zero-order valence-corrected chi connectivity index (χ0v) is 12.6. The minimum atomic E-state index is -0.534. The van der Waals surface area contributed by atoms with Crippen LogP contribution in [-0.2, 0) is 11.3 Å². The fourth-order valence-corrected chi connectivity index (χ4v) is 2.37. The SMILES string of the molecule is Cc1nn(-c2ccccc2)c(Cl)c1COC(=O)c1ccco1. The molecule has 2 aromatic heterocycles. The molecule has 6 heteroatoms. The lowest BCUT2D eigenvalue weighted by molar-refractivity contribution is 0.0435. The number of furan rings is 1. The van der Waals surface area contributed by atoms with Crippen LogP contribution in [0.1, 0.15) is 21.8 Å². The van der Waals surface area contributed by atoms with Gasteiger partial charge in [-0.2, -0.15) is 5.10 Å². The van der Waals surface area contributed by atoms with Crippen LogP contribution in [0.15, 0.2) is 53.1 Å². The number of aromatic nitrogens is 2. The number of benzene rings is 1. The number of halogens is 1. The van der Waals surface area contributed by atoms with Gasteiger partial charge < -0.3 is 9.15 Å². The maximum absolute atomic E-state index is 11.8. The van der Waals surface area contributed by atoms with Crippen molar-refractivity contribution in [2.45, 2.75) is 13.5 Å². The number of esters is 1. The van der Waals surface area contributed by atoms with E-state index in [4.69, 9.17) is 20.8 Å². The summed E-state index contributed by atoms with van der Waals surface area (Å²) in [5.41, 5.74) is 2.23. The molecular formula is C16H13ClN2O3. The van der Waals surface area contributed by atoms with Crippen LogP contribution in [0.3, 0.4) is 0 Å². The van der Waals surface area contributed by atoms with E-state index in [2.05, 4.69) is 5.10 Å². The Morgan fingerprint density at radius 1 is 1.27 bits per heavy atom. The fraction of sp³-hybridized carbons (Fsp3) is 0.125. The van der Waals surface area contributed by atoms with Crippen LogP contribution in [0.5, 0.6) is 0 Å². The third kappa shape index (κ3) is 2.76. The van der Waals surface area contributed by atoms with Crippen molar-refractivity contribution in [3.63, 3.8) is 0 Å². The first kappa shape index (κ1) is 14.4. The maximum Gasteiger partial charge on any atom is 0.374 e. The highest BCUT2D eigenvalue weighted by Crippen LogP contribution is 2.24. The number of nitrogens with zero attached hydrogens (tertiary/aromatic N) is 2. The molecule has 22 heavy (non-hydrogen) atoms. The fourth-order valence-electron chi connectivity index (χ4n) is 2.04. The number of para-hydroxylation sites is 1. The third-order valence-corrected chi connectivity index (χ3v) is 3.58. The molecule has 0 aliphatic rings. The molecule has 0 radical (unpaired) electrons. The summed E-state index contributed by atoms with van der Waals surface area (Å²) in [7, 11) is 0. The van der Waals surface area contributed by atoms with Crippen molar-refractivity contribution in [1.29, 1.82) is 0 Å². The molecule has 0 amide bonds. The summed E-state index contributed by atoms with van der Waals surface area (Å²) in [4.78, 5) is 11.8. The number of hydrogen-bond donors (Lipinski definition) is 0. The molecule has 0 saturated heterocycles. The highest BCUT2D eigenvalue weighted by Gasteiger charge is 2.17. The molecule has 3 rings (SSSR count). The highest BCUT2D eigenvalue weighted by atomic mass is 35.5. The molecule has 0 saturated carbocycles. The number of hydrogen-bond acceptors (Lipinski definition) is 4. The van der Waals surface area contributed by atoms with Crippen molar-refractivity contribution in [2.24, 2.45) is 0 Å². The number of carbonyl (C=O) groups is 1. The van der Waals surface area contributed by atoms with Crippen molar-refractivity contribution in [3.8, 4) is 5.69 Å². The normalized spacial score (nSPS) is 10.6. The van der Waals surface area contributed by atoms with E-state index in [-0.39, 0.29) is 12.4 Å². The van der Waals surface area contributed by atoms with Crippen LogP contribution in [0.25, 0.3) is 5.69 Å². The second kappa shape index (κ2) is 6.07. The Morgan fingerprint density at radius 2 is 2.05 bits per heavy atom. The first-order valence-corrected chi connectivity index (χ1v) is 7.04. The summed E-state index contributed by atoms with van der Waals surface area (Å²) in [6.45, 7) is 1.86. The lowest BCUT2D eigenvalue weighted by atomic mass is 10.3. The minimum Gasteiger partial charge on any atom is -0.457 e. The summed E-state index contributed by atoms with van der Waals surface area (Å²) < 4.78 is 11.8. The van der Waals surface area contributed by atoms with Gasteiger partial charge in [0.15, 0.2) is 0 Å². The molecule has 5 nitrogen and oxygen atoms in total. The zero-order valence-electron chi connectivity index (χ0n) is 11.8. The molecule has 112 valence electrons. The first-order chi connectivity index (χ1) is 10.7. The molecule has 1 aromatic carbocycles. The Bertz CT molecular complexity index is 779. The third-order valence-electron chi connectivity index (χ3n) is 3.19. The van der Waals surface area contributed by atoms with E-state index in [1.165, 1.54) is 6.26 Å². The number of rotatable bonds is 4. The largest absolute Gasteiger partial charge is 0.457 e. The first-order valence-electron chi connectivity index (χ1n) is 6.67. The van der Waals surface area contributed by atoms with Crippen LogP contribution in [0.2, 0.25) is 5.15 Å². The quantitative estimate of drug-likeness (QED) is 0.687. The van der Waals surface area contributed by atoms with Gasteiger partial charge in [0, 0.05) is 5.56 Å². The Morgan fingerprint density at radius 3 is 2.73 bits per heavy atom. The average Bonchev–Trinajstić information content (AvgIpc) is 3.15. The van der Waals surface area contributed by atoms with E-state index in [1.54, 1.807) is 16.8 Å². The van der Waals surface area contributed by atoms with Crippen molar-refractivity contribution in [3.05, 3.63) is 70.9 Å². The Kier molecular flexibility index (Phi) is 3.98. The summed E-state index contributed by atoms with van der Waals surface area (Å²) >= 11 is 6.36. The van der Waals surface area contributed by atoms with Gasteiger partial charge in [0.2, 0.25) is 5.76 Å². The summed E-state index contributed by atoms with van der Waals surface area (Å²) in [6, 6.07) is 12.7. The van der Waals surface area contributed by atoms with Crippen LogP contribution in [0, 0.1) is 6.92 Å². The monoisotopic (exact) mass is 316 g/mol. The molecule has 0 fully saturated rings. The van der Waals surface area contributed by atoms with Crippen LogP contribution in [-0.4, -0.2) is 15.7 Å². The van der Waals surface area contributed by atoms with E-state index in [9.17, 15) is 4.79 Å². The molecule has 0 bridgehead atoms. The zero-order chi connectivity index (χ0) is 15.5. The van der Waals surface area contributed by atoms with Crippen molar-refractivity contribution in [2.75, 3.05) is 0 Å². The average molecular weight is 317 g/mol. The second-order valence-electron chi connectivity index (χ2n) is 4.66. The lowest BCUT2D eigenvalue weighted by Crippen LogP contribution is -2.04. The standard InChI is InChI=1S/C16H13ClN2O3/c1-11-13(10-22-16(20)14-8-5-9-21-14)15(17)19(18-11)12-6-3-2-4-7-12/h2-9H,10H2,1H3. The maximum atomic E-state index is 11.8. The van der Waals surface area contributed by atoms with Gasteiger partial charge in [-0.15, -0.1) is 0 Å². The molecule has 0 aliphatic heterocycles. The van der Waals surface area contributed by atoms with Crippen LogP contribution in [0.4, 0.5) is 0 Å². The van der Waals surface area contributed by atoms with E-state index in [0.29, 0.717) is 16.4 Å². The smallest absolute Gasteiger partial charge is 0.374 e. The molecular weight excluding hydrogens is 304 g/mol. The highest BCUT2D eigenvalue weighted by molar-refractivity contribution is 6.30. The Balaban J connectivity index is 1.80. The van der Waals surface area contributed by atoms with E-state index in [1.807, 2.05) is 37.3 Å². The minimum absolute atomic E-state index is 0.0387. The summed E-state index contributed by atoms with van der Waals surface area (Å²) in [5, 5.41) is 4.82. The number of aryl methyl sites for hydroxylation is 1. The summed E-state index contributed by atoms with van der Waals surface area (Å²) in [6.07, 6.45) is 1.42. The Labute approximate surface area is 132 Å². The molecule has 0 spiro atoms. The van der Waals surface area contributed by atoms with Gasteiger partial charge in [-0.1, -0.05) is 29.8 Å². The van der Waals surface area contributed by atoms with Gasteiger partial charge >= 0.3 is 5.97 Å². The number of ether oxygens (including phenoxy) is 1. The Hall–Kier alpha value is -2.53. The van der Waals surface area contributed by atoms with Crippen LogP contribution < -0.4 is 0 Å². The molecule has 3 aromatic rings. The van der Waals surface area contributed by atoms with Crippen molar-refractivity contribution < 1.29 is 13.9 Å². The van der Waals surface area contributed by atoms with Gasteiger partial charge in [-0.05, 0) is 31.2 Å². The topological polar surface area (TPSA) is 57.3 Å². The van der Waals surface area contributed by atoms with E-state index in [0.717, 1.165) is 5.69 Å². The predicted molar refractivity (Wildman–Crippen MR) is 81.1 cm³/mol. The molecule has 2 heterocycles. The molecule has 0 N–H and O–H groups in total. The predicted octanol–water partition coefficient (Wildman–Crippen LogP) is 3.78. The van der Waals surface area contributed by atoms with Gasteiger partial charge in [0.25, 0.3) is 0 Å². The lowest BCUT2D eigenvalue weighted by Gasteiger charge is -2.04. The van der Waals surface area contributed by atoms with Crippen molar-refractivity contribution >= 4 is 17.6 Å². The van der Waals surface area contributed by atoms with Crippen molar-refractivity contribution in [1.82, 2.24) is 9.78 Å². The molecule has 0 aliphatic carbocycles. The van der Waals surface area contributed by atoms with Gasteiger partial charge in [-0.3, -0.25) is 0 Å². The van der Waals surface area contributed by atoms with E-state index < -0.39 is 5.97 Å². The second-order valence-corrected chi connectivity index (χ2v) is 5.01. The number of carbonyl (C=O) groups excluding carboxylic acids is 1. The molecule has 0 atom stereocenters. The van der Waals surface area contributed by atoms with E-state index >= 15 is 0 Å².